The maximum absolute atomic E-state index is 13.7. The Hall–Kier alpha value is -1.99. The Balaban J connectivity index is 1.96. The zero-order valence-corrected chi connectivity index (χ0v) is 17.4. The first-order chi connectivity index (χ1) is 12.3. The molecular weight excluding hydrogens is 467 g/mol. The van der Waals surface area contributed by atoms with Crippen molar-refractivity contribution in [2.75, 3.05) is 18.9 Å². The van der Waals surface area contributed by atoms with Crippen molar-refractivity contribution < 1.29 is 14.0 Å². The number of amides is 2. The fourth-order valence-corrected chi connectivity index (χ4v) is 3.04. The van der Waals surface area contributed by atoms with E-state index in [1.54, 1.807) is 18.2 Å². The van der Waals surface area contributed by atoms with Gasteiger partial charge in [0.05, 0.1) is 6.54 Å². The van der Waals surface area contributed by atoms with E-state index in [0.29, 0.717) is 10.2 Å². The minimum atomic E-state index is -0.427. The van der Waals surface area contributed by atoms with E-state index in [0.717, 1.165) is 10.0 Å². The van der Waals surface area contributed by atoms with Gasteiger partial charge >= 0.3 is 0 Å². The molecule has 2 amide bonds. The molecule has 1 N–H and O–H groups in total. The zero-order chi connectivity index (χ0) is 19.3. The lowest BCUT2D eigenvalue weighted by molar-refractivity contribution is -0.129. The van der Waals surface area contributed by atoms with Crippen LogP contribution in [0.1, 0.15) is 11.1 Å². The summed E-state index contributed by atoms with van der Waals surface area (Å²) in [6.07, 6.45) is 2.62. The molecule has 0 saturated carbocycles. The van der Waals surface area contributed by atoms with E-state index in [1.165, 1.54) is 30.2 Å². The second-order valence-corrected chi connectivity index (χ2v) is 7.53. The van der Waals surface area contributed by atoms with Crippen LogP contribution in [-0.2, 0) is 9.59 Å². The van der Waals surface area contributed by atoms with Gasteiger partial charge in [0.1, 0.15) is 5.82 Å². The predicted octanol–water partition coefficient (Wildman–Crippen LogP) is 4.77. The monoisotopic (exact) mass is 482 g/mol. The van der Waals surface area contributed by atoms with Crippen LogP contribution in [0.15, 0.2) is 51.4 Å². The number of rotatable bonds is 5. The van der Waals surface area contributed by atoms with Gasteiger partial charge in [-0.2, -0.15) is 0 Å². The highest BCUT2D eigenvalue weighted by molar-refractivity contribution is 9.10. The SMILES string of the molecule is Cc1cc(Br)ccc1NC(=O)CN(C)C(=O)/C=C/c1cc(Br)ccc1F. The van der Waals surface area contributed by atoms with Crippen LogP contribution >= 0.6 is 31.9 Å². The Labute approximate surface area is 168 Å². The van der Waals surface area contributed by atoms with Gasteiger partial charge in [0, 0.05) is 33.3 Å². The molecule has 0 fully saturated rings. The number of halogens is 3. The molecule has 0 bridgehead atoms. The summed E-state index contributed by atoms with van der Waals surface area (Å²) < 4.78 is 15.3. The normalized spacial score (nSPS) is 10.8. The number of likely N-dealkylation sites (N-methyl/N-ethyl adjacent to an activating group) is 1. The Morgan fingerprint density at radius 2 is 1.81 bits per heavy atom. The van der Waals surface area contributed by atoms with Crippen LogP contribution in [0.5, 0.6) is 0 Å². The maximum Gasteiger partial charge on any atom is 0.246 e. The first kappa shape index (κ1) is 20.3. The minimum absolute atomic E-state index is 0.111. The van der Waals surface area contributed by atoms with Gasteiger partial charge < -0.3 is 10.2 Å². The number of benzene rings is 2. The Bertz CT molecular complexity index is 869. The first-order valence-corrected chi connectivity index (χ1v) is 9.29. The summed E-state index contributed by atoms with van der Waals surface area (Å²) in [5.74, 6) is -1.14. The van der Waals surface area contributed by atoms with E-state index in [2.05, 4.69) is 37.2 Å². The summed E-state index contributed by atoms with van der Waals surface area (Å²) in [5.41, 5.74) is 1.88. The molecule has 0 heterocycles. The van der Waals surface area contributed by atoms with Gasteiger partial charge in [-0.05, 0) is 55.0 Å². The Morgan fingerprint density at radius 1 is 1.15 bits per heavy atom. The van der Waals surface area contributed by atoms with Crippen LogP contribution < -0.4 is 5.32 Å². The van der Waals surface area contributed by atoms with Gasteiger partial charge in [0.2, 0.25) is 11.8 Å². The quantitative estimate of drug-likeness (QED) is 0.622. The molecule has 0 spiro atoms. The van der Waals surface area contributed by atoms with Crippen LogP contribution in [0.2, 0.25) is 0 Å². The standard InChI is InChI=1S/C19H17Br2FN2O2/c1-12-9-14(20)5-7-17(12)23-18(25)11-24(2)19(26)8-3-13-10-15(21)4-6-16(13)22/h3-10H,11H2,1-2H3,(H,23,25)/b8-3+. The highest BCUT2D eigenvalue weighted by Gasteiger charge is 2.12. The van der Waals surface area contributed by atoms with Crippen LogP contribution in [-0.4, -0.2) is 30.3 Å². The Morgan fingerprint density at radius 3 is 2.50 bits per heavy atom. The molecule has 26 heavy (non-hydrogen) atoms. The largest absolute Gasteiger partial charge is 0.333 e. The lowest BCUT2D eigenvalue weighted by atomic mass is 10.2. The third-order valence-electron chi connectivity index (χ3n) is 3.58. The minimum Gasteiger partial charge on any atom is -0.333 e. The van der Waals surface area contributed by atoms with Crippen LogP contribution in [0.3, 0.4) is 0 Å². The van der Waals surface area contributed by atoms with Crippen molar-refractivity contribution in [3.63, 3.8) is 0 Å². The van der Waals surface area contributed by atoms with E-state index in [-0.39, 0.29) is 18.0 Å². The number of anilines is 1. The van der Waals surface area contributed by atoms with Crippen LogP contribution in [0.4, 0.5) is 10.1 Å². The van der Waals surface area contributed by atoms with Crippen molar-refractivity contribution in [2.45, 2.75) is 6.92 Å². The second kappa shape index (κ2) is 9.09. The van der Waals surface area contributed by atoms with E-state index < -0.39 is 11.7 Å². The van der Waals surface area contributed by atoms with E-state index in [4.69, 9.17) is 0 Å². The number of hydrogen-bond acceptors (Lipinski definition) is 2. The molecule has 0 unspecified atom stereocenters. The molecule has 7 heteroatoms. The smallest absolute Gasteiger partial charge is 0.246 e. The van der Waals surface area contributed by atoms with Crippen LogP contribution in [0.25, 0.3) is 6.08 Å². The second-order valence-electron chi connectivity index (χ2n) is 5.70. The fourth-order valence-electron chi connectivity index (χ4n) is 2.18. The summed E-state index contributed by atoms with van der Waals surface area (Å²) >= 11 is 6.62. The van der Waals surface area contributed by atoms with Gasteiger partial charge in [-0.15, -0.1) is 0 Å². The number of carbonyl (C=O) groups is 2. The van der Waals surface area contributed by atoms with Crippen LogP contribution in [0, 0.1) is 12.7 Å². The lowest BCUT2D eigenvalue weighted by Crippen LogP contribution is -2.34. The number of aryl methyl sites for hydroxylation is 1. The topological polar surface area (TPSA) is 49.4 Å². The van der Waals surface area contributed by atoms with E-state index in [1.807, 2.05) is 19.1 Å². The highest BCUT2D eigenvalue weighted by atomic mass is 79.9. The predicted molar refractivity (Wildman–Crippen MR) is 108 cm³/mol. The summed E-state index contributed by atoms with van der Waals surface area (Å²) in [4.78, 5) is 25.5. The van der Waals surface area contributed by atoms with Crippen molar-refractivity contribution in [3.8, 4) is 0 Å². The number of hydrogen-bond donors (Lipinski definition) is 1. The molecule has 136 valence electrons. The summed E-state index contributed by atoms with van der Waals surface area (Å²) in [5, 5.41) is 2.77. The van der Waals surface area contributed by atoms with E-state index in [9.17, 15) is 14.0 Å². The molecule has 0 aromatic heterocycles. The molecule has 0 aliphatic heterocycles. The summed E-state index contributed by atoms with van der Waals surface area (Å²) in [7, 11) is 1.51. The molecule has 2 aromatic rings. The van der Waals surface area contributed by atoms with Gasteiger partial charge in [-0.25, -0.2) is 4.39 Å². The lowest BCUT2D eigenvalue weighted by Gasteiger charge is -2.15. The van der Waals surface area contributed by atoms with E-state index >= 15 is 0 Å². The highest BCUT2D eigenvalue weighted by Crippen LogP contribution is 2.20. The van der Waals surface area contributed by atoms with Crippen molar-refractivity contribution in [2.24, 2.45) is 0 Å². The fraction of sp³-hybridized carbons (Fsp3) is 0.158. The molecule has 0 aliphatic carbocycles. The van der Waals surface area contributed by atoms with Gasteiger partial charge in [0.15, 0.2) is 0 Å². The number of nitrogens with zero attached hydrogens (tertiary/aromatic N) is 1. The number of carbonyl (C=O) groups excluding carboxylic acids is 2. The summed E-state index contributed by atoms with van der Waals surface area (Å²) in [6, 6.07) is 9.96. The van der Waals surface area contributed by atoms with Crippen molar-refractivity contribution in [3.05, 3.63) is 68.4 Å². The molecular formula is C19H17Br2FN2O2. The number of nitrogens with one attached hydrogen (secondary N) is 1. The molecule has 0 radical (unpaired) electrons. The van der Waals surface area contributed by atoms with Crippen molar-refractivity contribution in [1.29, 1.82) is 0 Å². The maximum atomic E-state index is 13.7. The molecule has 2 rings (SSSR count). The van der Waals surface area contributed by atoms with Crippen molar-refractivity contribution >= 4 is 55.4 Å². The van der Waals surface area contributed by atoms with Gasteiger partial charge in [-0.1, -0.05) is 31.9 Å². The summed E-state index contributed by atoms with van der Waals surface area (Å²) in [6.45, 7) is 1.77. The molecule has 0 saturated heterocycles. The average Bonchev–Trinajstić information content (AvgIpc) is 2.57. The molecule has 4 nitrogen and oxygen atoms in total. The van der Waals surface area contributed by atoms with Gasteiger partial charge in [0.25, 0.3) is 0 Å². The molecule has 2 aromatic carbocycles. The first-order valence-electron chi connectivity index (χ1n) is 7.70. The average molecular weight is 484 g/mol. The third kappa shape index (κ3) is 5.78. The Kier molecular flexibility index (Phi) is 7.11. The molecule has 0 atom stereocenters. The van der Waals surface area contributed by atoms with Gasteiger partial charge in [-0.3, -0.25) is 9.59 Å². The third-order valence-corrected chi connectivity index (χ3v) is 4.57. The molecule has 0 aliphatic rings. The van der Waals surface area contributed by atoms with Crippen molar-refractivity contribution in [1.82, 2.24) is 4.90 Å². The zero-order valence-electron chi connectivity index (χ0n) is 14.2.